The lowest BCUT2D eigenvalue weighted by molar-refractivity contribution is -0.149. The molecule has 0 aliphatic carbocycles. The number of esters is 1. The van der Waals surface area contributed by atoms with Crippen LogP contribution < -0.4 is 14.8 Å². The highest BCUT2D eigenvalue weighted by molar-refractivity contribution is 6.31. The summed E-state index contributed by atoms with van der Waals surface area (Å²) in [5.74, 6) is 0.777. The topological polar surface area (TPSA) is 106 Å². The van der Waals surface area contributed by atoms with E-state index in [0.29, 0.717) is 53.6 Å². The van der Waals surface area contributed by atoms with Crippen molar-refractivity contribution in [3.63, 3.8) is 0 Å². The van der Waals surface area contributed by atoms with E-state index < -0.39 is 5.82 Å². The Kier molecular flexibility index (Phi) is 10.5. The first-order valence-corrected chi connectivity index (χ1v) is 14.0. The van der Waals surface area contributed by atoms with E-state index in [9.17, 15) is 14.0 Å². The third-order valence-corrected chi connectivity index (χ3v) is 6.90. The zero-order valence-electron chi connectivity index (χ0n) is 23.5. The number of halogens is 2. The maximum atomic E-state index is 13.6. The van der Waals surface area contributed by atoms with Crippen LogP contribution in [0, 0.1) is 5.82 Å². The number of hydrogen-bond acceptors (Lipinski definition) is 9. The number of nitrogens with zero attached hydrogens (tertiary/aromatic N) is 4. The molecule has 0 saturated carbocycles. The van der Waals surface area contributed by atoms with E-state index in [0.717, 1.165) is 26.1 Å². The summed E-state index contributed by atoms with van der Waals surface area (Å²) < 4.78 is 30.3. The van der Waals surface area contributed by atoms with Crippen LogP contribution in [0.1, 0.15) is 33.1 Å². The molecule has 1 amide bonds. The van der Waals surface area contributed by atoms with E-state index in [1.807, 2.05) is 11.0 Å². The molecule has 0 radical (unpaired) electrons. The second kappa shape index (κ2) is 14.3. The fourth-order valence-corrected chi connectivity index (χ4v) is 4.71. The molecule has 4 rings (SSSR count). The minimum absolute atomic E-state index is 0.00996. The van der Waals surface area contributed by atoms with Crippen LogP contribution >= 0.6 is 11.6 Å². The fraction of sp³-hybridized carbons (Fsp3) is 0.448. The van der Waals surface area contributed by atoms with Crippen LogP contribution in [-0.2, 0) is 14.3 Å². The summed E-state index contributed by atoms with van der Waals surface area (Å²) in [7, 11) is 1.57. The second-order valence-electron chi connectivity index (χ2n) is 9.96. The molecule has 10 nitrogen and oxygen atoms in total. The quantitative estimate of drug-likeness (QED) is 0.236. The van der Waals surface area contributed by atoms with Crippen LogP contribution in [0.25, 0.3) is 10.9 Å². The number of hydrogen-bond donors (Lipinski definition) is 1. The van der Waals surface area contributed by atoms with Crippen molar-refractivity contribution >= 4 is 45.9 Å². The van der Waals surface area contributed by atoms with Gasteiger partial charge in [-0.2, -0.15) is 0 Å². The van der Waals surface area contributed by atoms with Crippen molar-refractivity contribution in [3.05, 3.63) is 47.5 Å². The highest BCUT2D eigenvalue weighted by Gasteiger charge is 2.22. The van der Waals surface area contributed by atoms with Crippen molar-refractivity contribution in [2.75, 3.05) is 51.8 Å². The predicted molar refractivity (Wildman–Crippen MR) is 154 cm³/mol. The van der Waals surface area contributed by atoms with Gasteiger partial charge < -0.3 is 24.4 Å². The Labute approximate surface area is 243 Å². The van der Waals surface area contributed by atoms with E-state index in [1.165, 1.54) is 18.5 Å². The van der Waals surface area contributed by atoms with Gasteiger partial charge in [0.1, 0.15) is 18.0 Å². The van der Waals surface area contributed by atoms with Crippen molar-refractivity contribution in [3.8, 4) is 11.5 Å². The first-order chi connectivity index (χ1) is 19.7. The predicted octanol–water partition coefficient (Wildman–Crippen LogP) is 4.82. The van der Waals surface area contributed by atoms with Gasteiger partial charge in [0.25, 0.3) is 0 Å². The summed E-state index contributed by atoms with van der Waals surface area (Å²) in [6.45, 7) is 7.66. The maximum Gasteiger partial charge on any atom is 0.306 e. The number of anilines is 2. The Morgan fingerprint density at radius 1 is 1.07 bits per heavy atom. The maximum absolute atomic E-state index is 13.6. The number of methoxy groups -OCH3 is 1. The Morgan fingerprint density at radius 2 is 1.85 bits per heavy atom. The van der Waals surface area contributed by atoms with Gasteiger partial charge in [-0.05, 0) is 44.5 Å². The normalized spacial score (nSPS) is 13.9. The van der Waals surface area contributed by atoms with Gasteiger partial charge in [-0.1, -0.05) is 11.6 Å². The number of aromatic nitrogens is 2. The third kappa shape index (κ3) is 8.40. The number of rotatable bonds is 12. The highest BCUT2D eigenvalue weighted by Crippen LogP contribution is 2.35. The molecule has 0 spiro atoms. The van der Waals surface area contributed by atoms with Crippen LogP contribution in [0.3, 0.4) is 0 Å². The zero-order valence-corrected chi connectivity index (χ0v) is 24.2. The number of nitrogens with one attached hydrogen (secondary N) is 1. The molecule has 2 aromatic carbocycles. The number of amides is 1. The molecule has 220 valence electrons. The number of piperazine rings is 1. The molecular formula is C29H35ClFN5O5. The summed E-state index contributed by atoms with van der Waals surface area (Å²) in [5.41, 5.74) is 1.24. The molecule has 1 fully saturated rings. The van der Waals surface area contributed by atoms with E-state index in [2.05, 4.69) is 20.2 Å². The molecule has 1 aromatic heterocycles. The van der Waals surface area contributed by atoms with Crippen LogP contribution in [0.15, 0.2) is 36.7 Å². The van der Waals surface area contributed by atoms with Gasteiger partial charge in [0, 0.05) is 56.3 Å². The number of carbonyl (C=O) groups is 2. The lowest BCUT2D eigenvalue weighted by atomic mass is 10.2. The average Bonchev–Trinajstić information content (AvgIpc) is 2.95. The molecule has 1 saturated heterocycles. The van der Waals surface area contributed by atoms with Crippen molar-refractivity contribution in [2.24, 2.45) is 0 Å². The summed E-state index contributed by atoms with van der Waals surface area (Å²) in [5, 5.41) is 3.89. The second-order valence-corrected chi connectivity index (χ2v) is 10.4. The van der Waals surface area contributed by atoms with E-state index >= 15 is 0 Å². The standard InChI is InChI=1S/C29H35ClFN5O5/c1-19(2)41-28(38)8-7-27(37)36-12-10-35(11-13-36)9-4-14-40-26-16-21-24(17-25(26)39-3)32-18-33-29(21)34-20-5-6-23(31)22(30)15-20/h5-6,15-19H,4,7-14H2,1-3H3,(H,32,33,34). The summed E-state index contributed by atoms with van der Waals surface area (Å²) in [4.78, 5) is 37.0. The van der Waals surface area contributed by atoms with Crippen LogP contribution in [0.5, 0.6) is 11.5 Å². The first kappa shape index (κ1) is 30.3. The molecule has 2 heterocycles. The summed E-state index contributed by atoms with van der Waals surface area (Å²) >= 11 is 5.93. The lowest BCUT2D eigenvalue weighted by Gasteiger charge is -2.34. The Hall–Kier alpha value is -3.70. The SMILES string of the molecule is COc1cc2ncnc(Nc3ccc(F)c(Cl)c3)c2cc1OCCCN1CCN(C(=O)CCC(=O)OC(C)C)CC1. The summed E-state index contributed by atoms with van der Waals surface area (Å²) in [6.07, 6.45) is 2.32. The van der Waals surface area contributed by atoms with E-state index in [1.54, 1.807) is 33.1 Å². The van der Waals surface area contributed by atoms with Crippen molar-refractivity contribution < 1.29 is 28.2 Å². The molecule has 0 bridgehead atoms. The van der Waals surface area contributed by atoms with Gasteiger partial charge in [-0.25, -0.2) is 14.4 Å². The minimum Gasteiger partial charge on any atom is -0.493 e. The van der Waals surface area contributed by atoms with E-state index in [-0.39, 0.29) is 35.8 Å². The summed E-state index contributed by atoms with van der Waals surface area (Å²) in [6, 6.07) is 7.97. The van der Waals surface area contributed by atoms with Crippen molar-refractivity contribution in [1.82, 2.24) is 19.8 Å². The first-order valence-electron chi connectivity index (χ1n) is 13.6. The number of ether oxygens (including phenoxy) is 3. The molecule has 3 aromatic rings. The molecule has 41 heavy (non-hydrogen) atoms. The Bertz CT molecular complexity index is 1370. The van der Waals surface area contributed by atoms with Gasteiger partial charge >= 0.3 is 5.97 Å². The molecule has 1 aliphatic rings. The molecule has 1 N–H and O–H groups in total. The molecule has 0 unspecified atom stereocenters. The third-order valence-electron chi connectivity index (χ3n) is 6.61. The number of benzene rings is 2. The molecular weight excluding hydrogens is 553 g/mol. The lowest BCUT2D eigenvalue weighted by Crippen LogP contribution is -2.49. The van der Waals surface area contributed by atoms with Gasteiger partial charge in [0.05, 0.1) is 36.8 Å². The monoisotopic (exact) mass is 587 g/mol. The van der Waals surface area contributed by atoms with Crippen LogP contribution in [0.2, 0.25) is 5.02 Å². The molecule has 12 heteroatoms. The van der Waals surface area contributed by atoms with Gasteiger partial charge in [0.15, 0.2) is 11.5 Å². The fourth-order valence-electron chi connectivity index (χ4n) is 4.53. The number of fused-ring (bicyclic) bond motifs is 1. The Balaban J connectivity index is 1.28. The van der Waals surface area contributed by atoms with Crippen molar-refractivity contribution in [2.45, 2.75) is 39.2 Å². The van der Waals surface area contributed by atoms with Crippen LogP contribution in [0.4, 0.5) is 15.9 Å². The van der Waals surface area contributed by atoms with E-state index in [4.69, 9.17) is 25.8 Å². The Morgan fingerprint density at radius 3 is 2.56 bits per heavy atom. The van der Waals surface area contributed by atoms with Crippen molar-refractivity contribution in [1.29, 1.82) is 0 Å². The minimum atomic E-state index is -0.499. The zero-order chi connectivity index (χ0) is 29.4. The van der Waals surface area contributed by atoms with Gasteiger partial charge in [0.2, 0.25) is 5.91 Å². The smallest absolute Gasteiger partial charge is 0.306 e. The average molecular weight is 588 g/mol. The van der Waals surface area contributed by atoms with Gasteiger partial charge in [-0.15, -0.1) is 0 Å². The molecule has 0 atom stereocenters. The largest absolute Gasteiger partial charge is 0.493 e. The molecule has 1 aliphatic heterocycles. The van der Waals surface area contributed by atoms with Gasteiger partial charge in [-0.3, -0.25) is 14.5 Å². The van der Waals surface area contributed by atoms with Crippen LogP contribution in [-0.4, -0.2) is 84.2 Å². The number of carbonyl (C=O) groups excluding carboxylic acids is 2. The highest BCUT2D eigenvalue weighted by atomic mass is 35.5.